The van der Waals surface area contributed by atoms with Crippen LogP contribution in [-0.4, -0.2) is 38.7 Å². The fourth-order valence-electron chi connectivity index (χ4n) is 3.25. The Labute approximate surface area is 174 Å². The minimum absolute atomic E-state index is 0.0745. The molecule has 152 valence electrons. The third kappa shape index (κ3) is 5.32. The van der Waals surface area contributed by atoms with E-state index in [0.717, 1.165) is 34.8 Å². The molecule has 1 unspecified atom stereocenters. The number of nitrogens with one attached hydrogen (secondary N) is 2. The van der Waals surface area contributed by atoms with Gasteiger partial charge in [0.05, 0.1) is 26.8 Å². The van der Waals surface area contributed by atoms with Crippen LogP contribution in [-0.2, 0) is 4.74 Å². The van der Waals surface area contributed by atoms with Crippen molar-refractivity contribution in [2.45, 2.75) is 71.6 Å². The van der Waals surface area contributed by atoms with Crippen LogP contribution < -0.4 is 10.6 Å². The van der Waals surface area contributed by atoms with Crippen LogP contribution in [0.25, 0.3) is 10.6 Å². The lowest BCUT2D eigenvalue weighted by Crippen LogP contribution is -2.38. The van der Waals surface area contributed by atoms with Gasteiger partial charge < -0.3 is 15.4 Å². The van der Waals surface area contributed by atoms with Gasteiger partial charge in [0.15, 0.2) is 0 Å². The molecule has 2 aromatic rings. The summed E-state index contributed by atoms with van der Waals surface area (Å²) in [5.41, 5.74) is 1.11. The number of anilines is 1. The molecule has 0 aliphatic heterocycles. The molecule has 0 spiro atoms. The van der Waals surface area contributed by atoms with Crippen molar-refractivity contribution in [3.8, 4) is 10.6 Å². The van der Waals surface area contributed by atoms with Gasteiger partial charge in [0.1, 0.15) is 11.3 Å². The molecule has 2 atom stereocenters. The van der Waals surface area contributed by atoms with Crippen LogP contribution in [0, 0.1) is 13.8 Å². The molecule has 7 nitrogen and oxygen atoms in total. The normalized spacial score (nSPS) is 19.5. The van der Waals surface area contributed by atoms with Gasteiger partial charge in [0.2, 0.25) is 5.95 Å². The maximum absolute atomic E-state index is 12.0. The maximum atomic E-state index is 12.0. The van der Waals surface area contributed by atoms with Gasteiger partial charge in [0, 0.05) is 12.1 Å². The van der Waals surface area contributed by atoms with E-state index >= 15 is 0 Å². The summed E-state index contributed by atoms with van der Waals surface area (Å²) >= 11 is 7.90. The average molecular weight is 424 g/mol. The zero-order chi connectivity index (χ0) is 20.5. The quantitative estimate of drug-likeness (QED) is 0.739. The van der Waals surface area contributed by atoms with Gasteiger partial charge in [-0.15, -0.1) is 11.3 Å². The molecule has 3 rings (SSSR count). The van der Waals surface area contributed by atoms with E-state index in [4.69, 9.17) is 16.3 Å². The minimum atomic E-state index is -0.499. The Kier molecular flexibility index (Phi) is 6.09. The molecule has 1 aliphatic carbocycles. The van der Waals surface area contributed by atoms with E-state index in [0.29, 0.717) is 16.7 Å². The number of hydrogen-bond acceptors (Lipinski definition) is 7. The molecule has 0 aromatic carbocycles. The summed E-state index contributed by atoms with van der Waals surface area (Å²) in [5, 5.41) is 7.79. The fourth-order valence-corrected chi connectivity index (χ4v) is 4.41. The van der Waals surface area contributed by atoms with Crippen molar-refractivity contribution < 1.29 is 9.53 Å². The molecule has 1 amide bonds. The lowest BCUT2D eigenvalue weighted by molar-refractivity contribution is 0.0505. The van der Waals surface area contributed by atoms with Gasteiger partial charge in [-0.3, -0.25) is 0 Å². The Morgan fingerprint density at radius 1 is 1.25 bits per heavy atom. The van der Waals surface area contributed by atoms with Crippen LogP contribution in [0.4, 0.5) is 10.7 Å². The zero-order valence-corrected chi connectivity index (χ0v) is 18.4. The SMILES string of the molecule is Cc1nc(C)c(-c2nc(N[C@H]3CCC(NC(=O)OC(C)(C)C)C3)ncc2Cl)s1. The van der Waals surface area contributed by atoms with Gasteiger partial charge in [-0.1, -0.05) is 11.6 Å². The highest BCUT2D eigenvalue weighted by Gasteiger charge is 2.28. The summed E-state index contributed by atoms with van der Waals surface area (Å²) in [5.74, 6) is 0.535. The fraction of sp³-hybridized carbons (Fsp3) is 0.579. The zero-order valence-electron chi connectivity index (χ0n) is 16.8. The first-order valence-corrected chi connectivity index (χ1v) is 10.5. The smallest absolute Gasteiger partial charge is 0.407 e. The molecular formula is C19H26ClN5O2S. The third-order valence-corrected chi connectivity index (χ3v) is 5.71. The summed E-state index contributed by atoms with van der Waals surface area (Å²) in [7, 11) is 0. The number of carbonyl (C=O) groups is 1. The summed E-state index contributed by atoms with van der Waals surface area (Å²) in [4.78, 5) is 26.3. The summed E-state index contributed by atoms with van der Waals surface area (Å²) in [6.07, 6.45) is 3.83. The van der Waals surface area contributed by atoms with Gasteiger partial charge in [-0.25, -0.2) is 19.7 Å². The van der Waals surface area contributed by atoms with E-state index in [9.17, 15) is 4.79 Å². The van der Waals surface area contributed by atoms with Crippen LogP contribution in [0.15, 0.2) is 6.20 Å². The number of halogens is 1. The predicted molar refractivity (Wildman–Crippen MR) is 112 cm³/mol. The van der Waals surface area contributed by atoms with E-state index in [2.05, 4.69) is 25.6 Å². The van der Waals surface area contributed by atoms with Gasteiger partial charge in [-0.2, -0.15) is 0 Å². The van der Waals surface area contributed by atoms with Gasteiger partial charge in [-0.05, 0) is 53.9 Å². The topological polar surface area (TPSA) is 89.0 Å². The Morgan fingerprint density at radius 2 is 1.96 bits per heavy atom. The number of nitrogens with zero attached hydrogens (tertiary/aromatic N) is 3. The van der Waals surface area contributed by atoms with Crippen molar-refractivity contribution in [3.63, 3.8) is 0 Å². The van der Waals surface area contributed by atoms with Gasteiger partial charge in [0.25, 0.3) is 0 Å². The molecule has 2 N–H and O–H groups in total. The molecule has 28 heavy (non-hydrogen) atoms. The van der Waals surface area contributed by atoms with E-state index in [1.54, 1.807) is 17.5 Å². The van der Waals surface area contributed by atoms with Crippen molar-refractivity contribution in [1.82, 2.24) is 20.3 Å². The Balaban J connectivity index is 1.63. The van der Waals surface area contributed by atoms with E-state index in [1.165, 1.54) is 0 Å². The average Bonchev–Trinajstić information content (AvgIpc) is 3.13. The van der Waals surface area contributed by atoms with Crippen molar-refractivity contribution in [3.05, 3.63) is 21.9 Å². The highest BCUT2D eigenvalue weighted by molar-refractivity contribution is 7.15. The molecular weight excluding hydrogens is 398 g/mol. The number of ether oxygens (including phenoxy) is 1. The number of aromatic nitrogens is 3. The third-order valence-electron chi connectivity index (χ3n) is 4.35. The van der Waals surface area contributed by atoms with Crippen molar-refractivity contribution in [1.29, 1.82) is 0 Å². The number of hydrogen-bond donors (Lipinski definition) is 2. The van der Waals surface area contributed by atoms with Crippen molar-refractivity contribution >= 4 is 35.0 Å². The lowest BCUT2D eigenvalue weighted by atomic mass is 10.2. The van der Waals surface area contributed by atoms with Crippen LogP contribution in [0.5, 0.6) is 0 Å². The first kappa shape index (κ1) is 20.8. The van der Waals surface area contributed by atoms with E-state index < -0.39 is 5.60 Å². The first-order valence-electron chi connectivity index (χ1n) is 9.33. The minimum Gasteiger partial charge on any atom is -0.444 e. The highest BCUT2D eigenvalue weighted by Crippen LogP contribution is 2.34. The predicted octanol–water partition coefficient (Wildman–Crippen LogP) is 4.73. The largest absolute Gasteiger partial charge is 0.444 e. The molecule has 1 saturated carbocycles. The maximum Gasteiger partial charge on any atom is 0.407 e. The first-order chi connectivity index (χ1) is 13.1. The molecule has 0 saturated heterocycles. The Morgan fingerprint density at radius 3 is 2.61 bits per heavy atom. The summed E-state index contributed by atoms with van der Waals surface area (Å²) in [6.45, 7) is 9.48. The van der Waals surface area contributed by atoms with Gasteiger partial charge >= 0.3 is 6.09 Å². The number of rotatable bonds is 4. The summed E-state index contributed by atoms with van der Waals surface area (Å²) < 4.78 is 5.33. The second-order valence-electron chi connectivity index (χ2n) is 8.04. The van der Waals surface area contributed by atoms with Crippen LogP contribution in [0.3, 0.4) is 0 Å². The molecule has 9 heteroatoms. The lowest BCUT2D eigenvalue weighted by Gasteiger charge is -2.21. The van der Waals surface area contributed by atoms with E-state index in [1.807, 2.05) is 34.6 Å². The number of aryl methyl sites for hydroxylation is 2. The van der Waals surface area contributed by atoms with Crippen molar-refractivity contribution in [2.24, 2.45) is 0 Å². The number of alkyl carbamates (subject to hydrolysis) is 1. The molecule has 0 bridgehead atoms. The van der Waals surface area contributed by atoms with Crippen LogP contribution in [0.1, 0.15) is 50.7 Å². The highest BCUT2D eigenvalue weighted by atomic mass is 35.5. The van der Waals surface area contributed by atoms with Crippen LogP contribution in [0.2, 0.25) is 5.02 Å². The Hall–Kier alpha value is -1.93. The van der Waals surface area contributed by atoms with Crippen LogP contribution >= 0.6 is 22.9 Å². The number of thiazole rings is 1. The van der Waals surface area contributed by atoms with E-state index in [-0.39, 0.29) is 18.2 Å². The monoisotopic (exact) mass is 423 g/mol. The number of amides is 1. The molecule has 0 radical (unpaired) electrons. The molecule has 2 aromatic heterocycles. The second-order valence-corrected chi connectivity index (χ2v) is 9.65. The molecule has 1 fully saturated rings. The molecule has 1 aliphatic rings. The standard InChI is InChI=1S/C19H26ClN5O2S/c1-10-16(28-11(2)22-10)15-14(20)9-21-17(25-15)23-12-6-7-13(8-12)24-18(26)27-19(3,4)5/h9,12-13H,6-8H2,1-5H3,(H,24,26)(H,21,23,25)/t12-,13?/m0/s1. The molecule has 2 heterocycles. The number of carbonyl (C=O) groups excluding carboxylic acids is 1. The second kappa shape index (κ2) is 8.21. The summed E-state index contributed by atoms with van der Waals surface area (Å²) in [6, 6.07) is 0.253. The Bertz CT molecular complexity index is 864. The van der Waals surface area contributed by atoms with Crippen molar-refractivity contribution in [2.75, 3.05) is 5.32 Å².